The zero-order chi connectivity index (χ0) is 12.1. The van der Waals surface area contributed by atoms with Gasteiger partial charge in [-0.2, -0.15) is 0 Å². The maximum absolute atomic E-state index is 8.58. The van der Waals surface area contributed by atoms with Crippen LogP contribution in [0.5, 0.6) is 0 Å². The van der Waals surface area contributed by atoms with Gasteiger partial charge >= 0.3 is 0 Å². The molecule has 0 saturated heterocycles. The lowest BCUT2D eigenvalue weighted by Crippen LogP contribution is -2.18. The Labute approximate surface area is 108 Å². The highest BCUT2D eigenvalue weighted by atomic mass is 79.9. The monoisotopic (exact) mass is 300 g/mol. The predicted octanol–water partition coefficient (Wildman–Crippen LogP) is 1.10. The summed E-state index contributed by atoms with van der Waals surface area (Å²) in [5.74, 6) is 0. The zero-order valence-electron chi connectivity index (χ0n) is 9.10. The van der Waals surface area contributed by atoms with Crippen molar-refractivity contribution in [1.82, 2.24) is 10.5 Å². The van der Waals surface area contributed by atoms with E-state index in [1.54, 1.807) is 6.20 Å². The molecule has 0 aromatic carbocycles. The number of hydrogen-bond donors (Lipinski definition) is 2. The first-order valence-electron chi connectivity index (χ1n) is 5.23. The number of hydrogen-bond acceptors (Lipinski definition) is 5. The van der Waals surface area contributed by atoms with Crippen LogP contribution in [0.3, 0.4) is 0 Å². The van der Waals surface area contributed by atoms with Gasteiger partial charge in [-0.3, -0.25) is 15.3 Å². The summed E-state index contributed by atoms with van der Waals surface area (Å²) >= 11 is 3.33. The smallest absolute Gasteiger partial charge is 0.129 e. The number of nitrogens with zero attached hydrogens (tertiary/aromatic N) is 1. The van der Waals surface area contributed by atoms with Crippen LogP contribution in [-0.2, 0) is 9.57 Å². The van der Waals surface area contributed by atoms with Gasteiger partial charge in [0.05, 0.1) is 31.2 Å². The van der Waals surface area contributed by atoms with Crippen molar-refractivity contribution < 1.29 is 14.7 Å². The van der Waals surface area contributed by atoms with E-state index < -0.39 is 0 Å². The highest BCUT2D eigenvalue weighted by molar-refractivity contribution is 9.10. The molecule has 1 aliphatic rings. The summed E-state index contributed by atoms with van der Waals surface area (Å²) < 4.78 is 6.12. The van der Waals surface area contributed by atoms with Gasteiger partial charge in [0.2, 0.25) is 0 Å². The number of aromatic nitrogens is 1. The molecule has 1 aromatic heterocycles. The lowest BCUT2D eigenvalue weighted by molar-refractivity contribution is -0.0172. The molecule has 5 nitrogen and oxygen atoms in total. The molecule has 6 heteroatoms. The summed E-state index contributed by atoms with van der Waals surface area (Å²) in [6.07, 6.45) is 3.49. The molecule has 0 fully saturated rings. The van der Waals surface area contributed by atoms with Crippen LogP contribution in [-0.4, -0.2) is 36.0 Å². The second-order valence-corrected chi connectivity index (χ2v) is 4.41. The second-order valence-electron chi connectivity index (χ2n) is 3.50. The van der Waals surface area contributed by atoms with E-state index in [4.69, 9.17) is 14.7 Å². The summed E-state index contributed by atoms with van der Waals surface area (Å²) in [6.45, 7) is 0.748. The fourth-order valence-corrected chi connectivity index (χ4v) is 1.65. The van der Waals surface area contributed by atoms with E-state index in [1.165, 1.54) is 0 Å². The Morgan fingerprint density at radius 3 is 3.12 bits per heavy atom. The van der Waals surface area contributed by atoms with Gasteiger partial charge in [-0.1, -0.05) is 0 Å². The molecule has 0 aliphatic carbocycles. The summed E-state index contributed by atoms with van der Waals surface area (Å²) in [5, 5.41) is 8.58. The lowest BCUT2D eigenvalue weighted by Gasteiger charge is -2.06. The molecule has 0 saturated carbocycles. The number of aliphatic hydroxyl groups excluding tert-OH is 1. The third kappa shape index (κ3) is 3.50. The van der Waals surface area contributed by atoms with Crippen molar-refractivity contribution in [3.05, 3.63) is 34.6 Å². The molecule has 0 spiro atoms. The van der Waals surface area contributed by atoms with Crippen molar-refractivity contribution in [3.63, 3.8) is 0 Å². The maximum Gasteiger partial charge on any atom is 0.129 e. The van der Waals surface area contributed by atoms with Crippen molar-refractivity contribution in [2.45, 2.75) is 6.10 Å². The molecule has 1 atom stereocenters. The molecule has 92 valence electrons. The standard InChI is InChI=1S/C11H13BrN2O3/c12-8-1-2-10(13-6-8)11-5-9(17-14-11)7-16-4-3-15/h1-2,5-6,9,14-15H,3-4,7H2/t9-/m0/s1. The molecule has 0 radical (unpaired) electrons. The first-order valence-corrected chi connectivity index (χ1v) is 6.03. The highest BCUT2D eigenvalue weighted by Gasteiger charge is 2.18. The minimum Gasteiger partial charge on any atom is -0.394 e. The normalized spacial score (nSPS) is 18.9. The van der Waals surface area contributed by atoms with E-state index in [-0.39, 0.29) is 12.7 Å². The summed E-state index contributed by atoms with van der Waals surface area (Å²) in [6, 6.07) is 3.81. The molecule has 2 rings (SSSR count). The van der Waals surface area contributed by atoms with E-state index in [2.05, 4.69) is 26.4 Å². The summed E-state index contributed by atoms with van der Waals surface area (Å²) in [5.41, 5.74) is 4.46. The average molecular weight is 301 g/mol. The Hall–Kier alpha value is -0.950. The van der Waals surface area contributed by atoms with Crippen LogP contribution < -0.4 is 5.48 Å². The van der Waals surface area contributed by atoms with E-state index in [9.17, 15) is 0 Å². The number of hydroxylamine groups is 1. The van der Waals surface area contributed by atoms with Crippen LogP contribution in [0.15, 0.2) is 28.9 Å². The first-order chi connectivity index (χ1) is 8.29. The lowest BCUT2D eigenvalue weighted by atomic mass is 10.2. The number of nitrogens with one attached hydrogen (secondary N) is 1. The number of ether oxygens (including phenoxy) is 1. The fraction of sp³-hybridized carbons (Fsp3) is 0.364. The zero-order valence-corrected chi connectivity index (χ0v) is 10.7. The van der Waals surface area contributed by atoms with Crippen molar-refractivity contribution in [2.75, 3.05) is 19.8 Å². The molecule has 0 bridgehead atoms. The molecule has 1 aromatic rings. The van der Waals surface area contributed by atoms with Gasteiger partial charge in [0.15, 0.2) is 0 Å². The Morgan fingerprint density at radius 1 is 1.53 bits per heavy atom. The van der Waals surface area contributed by atoms with Crippen LogP contribution in [0, 0.1) is 0 Å². The molecule has 0 amide bonds. The number of pyridine rings is 1. The van der Waals surface area contributed by atoms with E-state index in [0.29, 0.717) is 13.2 Å². The molecule has 17 heavy (non-hydrogen) atoms. The van der Waals surface area contributed by atoms with Gasteiger partial charge in [-0.15, -0.1) is 0 Å². The average Bonchev–Trinajstić information content (AvgIpc) is 2.79. The first kappa shape index (κ1) is 12.5. The van der Waals surface area contributed by atoms with E-state index >= 15 is 0 Å². The number of aliphatic hydroxyl groups is 1. The SMILES string of the molecule is OCCOC[C@@H]1C=C(c2ccc(Br)cn2)NO1. The van der Waals surface area contributed by atoms with Crippen LogP contribution in [0.4, 0.5) is 0 Å². The molecule has 1 aliphatic heterocycles. The number of rotatable bonds is 5. The van der Waals surface area contributed by atoms with Crippen LogP contribution in [0.25, 0.3) is 5.70 Å². The van der Waals surface area contributed by atoms with E-state index in [0.717, 1.165) is 15.9 Å². The van der Waals surface area contributed by atoms with Crippen LogP contribution >= 0.6 is 15.9 Å². The molecule has 2 heterocycles. The van der Waals surface area contributed by atoms with E-state index in [1.807, 2.05) is 18.2 Å². The number of halogens is 1. The van der Waals surface area contributed by atoms with Gasteiger partial charge in [-0.05, 0) is 34.1 Å². The summed E-state index contributed by atoms with van der Waals surface area (Å²) in [4.78, 5) is 9.55. The van der Waals surface area contributed by atoms with Gasteiger partial charge in [0, 0.05) is 10.7 Å². The second kappa shape index (κ2) is 6.11. The maximum atomic E-state index is 8.58. The van der Waals surface area contributed by atoms with Crippen LogP contribution in [0.1, 0.15) is 5.69 Å². The molecule has 0 unspecified atom stereocenters. The fourth-order valence-electron chi connectivity index (χ4n) is 1.41. The molecule has 2 N–H and O–H groups in total. The van der Waals surface area contributed by atoms with Crippen molar-refractivity contribution in [2.24, 2.45) is 0 Å². The Kier molecular flexibility index (Phi) is 4.49. The minimum absolute atomic E-state index is 0.0188. The van der Waals surface area contributed by atoms with Gasteiger partial charge in [0.1, 0.15) is 6.10 Å². The Balaban J connectivity index is 1.94. The molecular formula is C11H13BrN2O3. The van der Waals surface area contributed by atoms with Gasteiger partial charge in [-0.25, -0.2) is 0 Å². The van der Waals surface area contributed by atoms with Crippen molar-refractivity contribution >= 4 is 21.6 Å². The topological polar surface area (TPSA) is 63.6 Å². The predicted molar refractivity (Wildman–Crippen MR) is 65.8 cm³/mol. The quantitative estimate of drug-likeness (QED) is 0.797. The third-order valence-electron chi connectivity index (χ3n) is 2.19. The largest absolute Gasteiger partial charge is 0.394 e. The van der Waals surface area contributed by atoms with Crippen LogP contribution in [0.2, 0.25) is 0 Å². The van der Waals surface area contributed by atoms with Crippen molar-refractivity contribution in [3.8, 4) is 0 Å². The van der Waals surface area contributed by atoms with Gasteiger partial charge in [0.25, 0.3) is 0 Å². The summed E-state index contributed by atoms with van der Waals surface area (Å²) in [7, 11) is 0. The minimum atomic E-state index is -0.151. The molecular weight excluding hydrogens is 288 g/mol. The van der Waals surface area contributed by atoms with Crippen molar-refractivity contribution in [1.29, 1.82) is 0 Å². The Bertz CT molecular complexity index is 394. The van der Waals surface area contributed by atoms with Gasteiger partial charge < -0.3 is 9.84 Å². The Morgan fingerprint density at radius 2 is 2.41 bits per heavy atom. The third-order valence-corrected chi connectivity index (χ3v) is 2.66. The highest BCUT2D eigenvalue weighted by Crippen LogP contribution is 2.18.